The molecule has 30 heavy (non-hydrogen) atoms. The number of thiophene rings is 1. The van der Waals surface area contributed by atoms with Gasteiger partial charge in [-0.2, -0.15) is 0 Å². The van der Waals surface area contributed by atoms with Crippen molar-refractivity contribution in [3.63, 3.8) is 0 Å². The van der Waals surface area contributed by atoms with Gasteiger partial charge in [0.1, 0.15) is 11.4 Å². The molecule has 0 aliphatic carbocycles. The van der Waals surface area contributed by atoms with E-state index in [1.54, 1.807) is 18.2 Å². The number of hydrogen-bond donors (Lipinski definition) is 4. The van der Waals surface area contributed by atoms with E-state index in [1.807, 2.05) is 30.3 Å². The maximum absolute atomic E-state index is 12.6. The third-order valence-corrected chi connectivity index (χ3v) is 5.49. The van der Waals surface area contributed by atoms with Crippen LogP contribution in [0.4, 0.5) is 0 Å². The lowest BCUT2D eigenvalue weighted by Gasteiger charge is -2.11. The Balaban J connectivity index is 1.90. The van der Waals surface area contributed by atoms with E-state index in [-0.39, 0.29) is 30.2 Å². The summed E-state index contributed by atoms with van der Waals surface area (Å²) >= 11 is 7.66. The molecule has 0 bridgehead atoms. The number of halogens is 1. The van der Waals surface area contributed by atoms with Crippen LogP contribution in [-0.2, 0) is 4.79 Å². The van der Waals surface area contributed by atoms with Crippen molar-refractivity contribution in [2.75, 3.05) is 13.2 Å². The van der Waals surface area contributed by atoms with E-state index < -0.39 is 11.8 Å². The van der Waals surface area contributed by atoms with Gasteiger partial charge in [-0.3, -0.25) is 9.59 Å². The molecule has 0 radical (unpaired) electrons. The molecule has 0 atom stereocenters. The minimum atomic E-state index is -0.624. The molecule has 0 aliphatic heterocycles. The molecule has 1 aromatic heterocycles. The van der Waals surface area contributed by atoms with Gasteiger partial charge in [0.2, 0.25) is 0 Å². The van der Waals surface area contributed by atoms with Crippen LogP contribution in [0.3, 0.4) is 0 Å². The van der Waals surface area contributed by atoms with Gasteiger partial charge in [0.05, 0.1) is 12.2 Å². The number of benzene rings is 2. The van der Waals surface area contributed by atoms with E-state index in [0.29, 0.717) is 5.02 Å². The number of aliphatic hydroxyl groups excluding tert-OH is 1. The largest absolute Gasteiger partial charge is 0.507 e. The molecule has 0 saturated carbocycles. The van der Waals surface area contributed by atoms with Crippen LogP contribution in [-0.4, -0.2) is 35.2 Å². The van der Waals surface area contributed by atoms with Crippen molar-refractivity contribution in [3.8, 4) is 16.2 Å². The van der Waals surface area contributed by atoms with Crippen LogP contribution in [0.5, 0.6) is 5.75 Å². The van der Waals surface area contributed by atoms with Crippen molar-refractivity contribution in [1.82, 2.24) is 10.6 Å². The lowest BCUT2D eigenvalue weighted by Crippen LogP contribution is -2.36. The summed E-state index contributed by atoms with van der Waals surface area (Å²) in [4.78, 5) is 26.7. The summed E-state index contributed by atoms with van der Waals surface area (Å²) in [5, 5.41) is 24.5. The first kappa shape index (κ1) is 21.6. The fraction of sp³-hybridized carbons (Fsp3) is 0.0909. The number of hydrogen-bond acceptors (Lipinski definition) is 5. The summed E-state index contributed by atoms with van der Waals surface area (Å²) in [6.07, 6.45) is 1.54. The number of carbonyl (C=O) groups is 2. The number of aromatic hydroxyl groups is 1. The summed E-state index contributed by atoms with van der Waals surface area (Å²) in [5.74, 6) is -1.37. The van der Waals surface area contributed by atoms with Crippen molar-refractivity contribution in [1.29, 1.82) is 0 Å². The average Bonchev–Trinajstić information content (AvgIpc) is 3.20. The third kappa shape index (κ3) is 5.27. The first-order valence-electron chi connectivity index (χ1n) is 9.04. The zero-order valence-electron chi connectivity index (χ0n) is 15.8. The molecule has 0 aliphatic rings. The normalized spacial score (nSPS) is 11.2. The van der Waals surface area contributed by atoms with E-state index in [1.165, 1.54) is 29.5 Å². The number of carbonyl (C=O) groups excluding carboxylic acids is 2. The molecular weight excluding hydrogens is 424 g/mol. The number of aliphatic hydroxyl groups is 1. The Hall–Kier alpha value is -3.13. The molecule has 1 heterocycles. The topological polar surface area (TPSA) is 98.7 Å². The molecule has 0 saturated heterocycles. The molecule has 4 N–H and O–H groups in total. The quantitative estimate of drug-likeness (QED) is 0.420. The van der Waals surface area contributed by atoms with Crippen molar-refractivity contribution >= 4 is 40.8 Å². The number of nitrogens with one attached hydrogen (secondary N) is 2. The standard InChI is InChI=1S/C22H19ClN2O4S/c23-17-7-3-1-5-15(17)20-10-9-14(30-20)13-18(22(29)24-11-12-26)25-21(28)16-6-2-4-8-19(16)27/h1-10,13,26-27H,11-12H2,(H,24,29)(H,25,28). The van der Waals surface area contributed by atoms with Crippen molar-refractivity contribution in [3.05, 3.63) is 81.8 Å². The minimum absolute atomic E-state index is 0.00994. The molecule has 2 amide bonds. The fourth-order valence-electron chi connectivity index (χ4n) is 2.66. The fourth-order valence-corrected chi connectivity index (χ4v) is 3.94. The monoisotopic (exact) mass is 442 g/mol. The van der Waals surface area contributed by atoms with E-state index in [2.05, 4.69) is 10.6 Å². The molecule has 0 fully saturated rings. The molecule has 2 aromatic carbocycles. The molecule has 6 nitrogen and oxygen atoms in total. The molecular formula is C22H19ClN2O4S. The second-order valence-electron chi connectivity index (χ2n) is 6.19. The second kappa shape index (κ2) is 10.1. The Bertz CT molecular complexity index is 1090. The predicted molar refractivity (Wildman–Crippen MR) is 118 cm³/mol. The van der Waals surface area contributed by atoms with Gasteiger partial charge >= 0.3 is 0 Å². The first-order valence-corrected chi connectivity index (χ1v) is 10.2. The van der Waals surface area contributed by atoms with E-state index >= 15 is 0 Å². The van der Waals surface area contributed by atoms with Crippen molar-refractivity contribution in [2.24, 2.45) is 0 Å². The van der Waals surface area contributed by atoms with Gasteiger partial charge in [-0.25, -0.2) is 0 Å². The maximum atomic E-state index is 12.6. The van der Waals surface area contributed by atoms with E-state index in [4.69, 9.17) is 16.7 Å². The average molecular weight is 443 g/mol. The molecule has 0 unspecified atom stereocenters. The lowest BCUT2D eigenvalue weighted by molar-refractivity contribution is -0.117. The maximum Gasteiger partial charge on any atom is 0.267 e. The Kier molecular flexibility index (Phi) is 7.24. The molecule has 154 valence electrons. The van der Waals surface area contributed by atoms with Crippen LogP contribution < -0.4 is 10.6 Å². The van der Waals surface area contributed by atoms with Gasteiger partial charge < -0.3 is 20.8 Å². The van der Waals surface area contributed by atoms with E-state index in [9.17, 15) is 14.7 Å². The summed E-state index contributed by atoms with van der Waals surface area (Å²) in [6, 6.07) is 17.2. The Morgan fingerprint density at radius 2 is 1.77 bits per heavy atom. The van der Waals surface area contributed by atoms with Crippen LogP contribution in [0.25, 0.3) is 16.5 Å². The highest BCUT2D eigenvalue weighted by atomic mass is 35.5. The van der Waals surface area contributed by atoms with Gasteiger partial charge in [0, 0.05) is 26.9 Å². The molecule has 3 rings (SSSR count). The number of phenols is 1. The van der Waals surface area contributed by atoms with Gasteiger partial charge in [0.25, 0.3) is 11.8 Å². The van der Waals surface area contributed by atoms with Gasteiger partial charge in [-0.15, -0.1) is 11.3 Å². The summed E-state index contributed by atoms with van der Waals surface area (Å²) in [6.45, 7) is -0.194. The third-order valence-electron chi connectivity index (χ3n) is 4.09. The van der Waals surface area contributed by atoms with Crippen LogP contribution in [0.2, 0.25) is 5.02 Å². The number of amides is 2. The number of rotatable bonds is 7. The van der Waals surface area contributed by atoms with Crippen LogP contribution >= 0.6 is 22.9 Å². The van der Waals surface area contributed by atoms with Crippen LogP contribution in [0.1, 0.15) is 15.2 Å². The van der Waals surface area contributed by atoms with Gasteiger partial charge in [-0.1, -0.05) is 41.9 Å². The predicted octanol–water partition coefficient (Wildman–Crippen LogP) is 3.65. The lowest BCUT2D eigenvalue weighted by atomic mass is 10.2. The Labute approximate surface area is 182 Å². The summed E-state index contributed by atoms with van der Waals surface area (Å²) in [7, 11) is 0. The zero-order chi connectivity index (χ0) is 21.5. The summed E-state index contributed by atoms with van der Waals surface area (Å²) in [5.41, 5.74) is 0.902. The van der Waals surface area contributed by atoms with Crippen LogP contribution in [0.15, 0.2) is 66.4 Å². The summed E-state index contributed by atoms with van der Waals surface area (Å²) < 4.78 is 0. The Morgan fingerprint density at radius 1 is 1.03 bits per heavy atom. The zero-order valence-corrected chi connectivity index (χ0v) is 17.3. The number of phenolic OH excluding ortho intramolecular Hbond substituents is 1. The van der Waals surface area contributed by atoms with E-state index in [0.717, 1.165) is 15.3 Å². The van der Waals surface area contributed by atoms with Crippen molar-refractivity contribution in [2.45, 2.75) is 0 Å². The second-order valence-corrected chi connectivity index (χ2v) is 7.71. The van der Waals surface area contributed by atoms with Gasteiger partial charge in [-0.05, 0) is 36.4 Å². The minimum Gasteiger partial charge on any atom is -0.507 e. The molecule has 3 aromatic rings. The SMILES string of the molecule is O=C(NCCO)C(=Cc1ccc(-c2ccccc2Cl)s1)NC(=O)c1ccccc1O. The van der Waals surface area contributed by atoms with Crippen molar-refractivity contribution < 1.29 is 19.8 Å². The smallest absolute Gasteiger partial charge is 0.267 e. The highest BCUT2D eigenvalue weighted by molar-refractivity contribution is 7.16. The molecule has 0 spiro atoms. The van der Waals surface area contributed by atoms with Gasteiger partial charge in [0.15, 0.2) is 0 Å². The molecule has 8 heteroatoms. The van der Waals surface area contributed by atoms with Crippen LogP contribution in [0, 0.1) is 0 Å². The Morgan fingerprint density at radius 3 is 2.50 bits per heavy atom. The highest BCUT2D eigenvalue weighted by Crippen LogP contribution is 2.33. The highest BCUT2D eigenvalue weighted by Gasteiger charge is 2.17. The first-order chi connectivity index (χ1) is 14.5. The number of para-hydroxylation sites is 1.